The summed E-state index contributed by atoms with van der Waals surface area (Å²) in [6.45, 7) is 3.93. The third-order valence-corrected chi connectivity index (χ3v) is 13.5. The zero-order chi connectivity index (χ0) is 35.8. The van der Waals surface area contributed by atoms with Gasteiger partial charge in [0.05, 0.1) is 0 Å². The van der Waals surface area contributed by atoms with E-state index in [1.807, 2.05) is 28.7 Å². The topological polar surface area (TPSA) is 0 Å². The highest BCUT2D eigenvalue weighted by atomic mass is 32.1. The number of aryl methyl sites for hydroxylation is 1. The van der Waals surface area contributed by atoms with Crippen molar-refractivity contribution in [2.75, 3.05) is 0 Å². The van der Waals surface area contributed by atoms with Gasteiger partial charge in [0.25, 0.3) is 0 Å². The van der Waals surface area contributed by atoms with Crippen molar-refractivity contribution < 1.29 is 0 Å². The van der Waals surface area contributed by atoms with E-state index in [-0.39, 0.29) is 0 Å². The zero-order valence-corrected chi connectivity index (χ0v) is 31.2. The van der Waals surface area contributed by atoms with Gasteiger partial charge in [-0.05, 0) is 125 Å². The summed E-state index contributed by atoms with van der Waals surface area (Å²) in [5.74, 6) is 0. The normalized spacial score (nSPS) is 11.9. The molecular weight excluding hydrogens is 689 g/mol. The summed E-state index contributed by atoms with van der Waals surface area (Å²) >= 11 is 3.83. The van der Waals surface area contributed by atoms with E-state index in [4.69, 9.17) is 0 Å². The number of thiophene rings is 2. The minimum absolute atomic E-state index is 1.02. The lowest BCUT2D eigenvalue weighted by atomic mass is 9.84. The molecule has 0 saturated carbocycles. The predicted octanol–water partition coefficient (Wildman–Crippen LogP) is 16.0. The van der Waals surface area contributed by atoms with E-state index in [0.29, 0.717) is 0 Å². The van der Waals surface area contributed by atoms with E-state index in [1.54, 1.807) is 0 Å². The third kappa shape index (κ3) is 4.88. The van der Waals surface area contributed by atoms with Gasteiger partial charge < -0.3 is 0 Å². The summed E-state index contributed by atoms with van der Waals surface area (Å²) in [5.41, 5.74) is 7.62. The molecule has 11 aromatic rings. The van der Waals surface area contributed by atoms with Crippen molar-refractivity contribution in [3.05, 3.63) is 181 Å². The molecule has 2 heterocycles. The first-order valence-corrected chi connectivity index (χ1v) is 20.3. The monoisotopic (exact) mass is 722 g/mol. The number of fused-ring (bicyclic) bond motifs is 9. The summed E-state index contributed by atoms with van der Waals surface area (Å²) < 4.78 is 4.04. The van der Waals surface area contributed by atoms with Gasteiger partial charge in [-0.25, -0.2) is 0 Å². The maximum absolute atomic E-state index is 3.93. The molecule has 0 spiro atoms. The van der Waals surface area contributed by atoms with Crippen molar-refractivity contribution in [1.29, 1.82) is 0 Å². The Bertz CT molecular complexity index is 3230. The van der Waals surface area contributed by atoms with Crippen molar-refractivity contribution in [2.45, 2.75) is 12.8 Å². The van der Waals surface area contributed by atoms with Gasteiger partial charge >= 0.3 is 0 Å². The maximum Gasteiger partial charge on any atom is 0.0361 e. The van der Waals surface area contributed by atoms with Crippen LogP contribution in [0.25, 0.3) is 107 Å². The van der Waals surface area contributed by atoms with E-state index < -0.39 is 0 Å². The molecular formula is C52H34S2. The van der Waals surface area contributed by atoms with Crippen LogP contribution in [0.4, 0.5) is 0 Å². The summed E-state index contributed by atoms with van der Waals surface area (Å²) in [5, 5.41) is 14.4. The van der Waals surface area contributed by atoms with E-state index >= 15 is 0 Å². The molecule has 0 N–H and O–H groups in total. The van der Waals surface area contributed by atoms with Crippen molar-refractivity contribution in [3.63, 3.8) is 0 Å². The highest BCUT2D eigenvalue weighted by molar-refractivity contribution is 7.26. The lowest BCUT2D eigenvalue weighted by Gasteiger charge is -2.19. The van der Waals surface area contributed by atoms with Gasteiger partial charge in [-0.3, -0.25) is 0 Å². The maximum atomic E-state index is 3.93. The van der Waals surface area contributed by atoms with Crippen molar-refractivity contribution in [1.82, 2.24) is 0 Å². The van der Waals surface area contributed by atoms with Crippen LogP contribution in [0.2, 0.25) is 0 Å². The SMILES string of the molecule is C=CCCc1cc2cc3ccc4sc5cc(-c6ccc(-c7c8ccccc8c(-c8ccccc8)c8ccccc78)c7ccccc67)ccc5c4c3cc2s1. The molecule has 0 radical (unpaired) electrons. The molecule has 11 rings (SSSR count). The smallest absolute Gasteiger partial charge is 0.0361 e. The van der Waals surface area contributed by atoms with Gasteiger partial charge in [-0.1, -0.05) is 140 Å². The highest BCUT2D eigenvalue weighted by Gasteiger charge is 2.19. The van der Waals surface area contributed by atoms with E-state index in [0.717, 1.165) is 12.8 Å². The fourth-order valence-electron chi connectivity index (χ4n) is 8.83. The number of rotatable bonds is 6. The number of benzene rings is 9. The van der Waals surface area contributed by atoms with Crippen molar-refractivity contribution in [2.24, 2.45) is 0 Å². The van der Waals surface area contributed by atoms with Gasteiger partial charge in [0.15, 0.2) is 0 Å². The minimum atomic E-state index is 1.02. The average Bonchev–Trinajstić information content (AvgIpc) is 3.81. The summed E-state index contributed by atoms with van der Waals surface area (Å²) in [4.78, 5) is 1.43. The van der Waals surface area contributed by atoms with Crippen LogP contribution in [-0.2, 0) is 6.42 Å². The molecule has 0 aliphatic rings. The molecule has 0 nitrogen and oxygen atoms in total. The molecule has 0 unspecified atom stereocenters. The Kier molecular flexibility index (Phi) is 7.30. The molecule has 0 aliphatic heterocycles. The second kappa shape index (κ2) is 12.5. The highest BCUT2D eigenvalue weighted by Crippen LogP contribution is 2.47. The molecule has 0 bridgehead atoms. The van der Waals surface area contributed by atoms with Gasteiger partial charge in [0.1, 0.15) is 0 Å². The van der Waals surface area contributed by atoms with E-state index in [9.17, 15) is 0 Å². The Labute approximate surface area is 321 Å². The average molecular weight is 723 g/mol. The van der Waals surface area contributed by atoms with Gasteiger partial charge in [0.2, 0.25) is 0 Å². The standard InChI is InChI=1S/C52H34S2/c1-2-3-15-36-29-35-28-33-23-27-47-52(46(33)31-48(35)53-36)45-24-22-34(30-49(45)54-47)37-25-26-44(39-17-8-7-16-38(37)39)51-42-20-11-9-18-40(42)50(32-13-5-4-6-14-32)41-19-10-12-21-43(41)51/h2,4-14,16-31H,1,3,15H2. The fraction of sp³-hybridized carbons (Fsp3) is 0.0385. The lowest BCUT2D eigenvalue weighted by Crippen LogP contribution is -1.92. The van der Waals surface area contributed by atoms with Gasteiger partial charge in [-0.15, -0.1) is 29.3 Å². The number of hydrogen-bond donors (Lipinski definition) is 0. The third-order valence-electron chi connectivity index (χ3n) is 11.2. The Balaban J connectivity index is 1.09. The molecule has 2 heteroatoms. The quantitative estimate of drug-likeness (QED) is 0.118. The first-order valence-electron chi connectivity index (χ1n) is 18.7. The van der Waals surface area contributed by atoms with E-state index in [1.165, 1.54) is 112 Å². The summed E-state index contributed by atoms with van der Waals surface area (Å²) in [6, 6.07) is 61.4. The predicted molar refractivity (Wildman–Crippen MR) is 240 cm³/mol. The first-order chi connectivity index (χ1) is 26.7. The Morgan fingerprint density at radius 3 is 1.78 bits per heavy atom. The second-order valence-corrected chi connectivity index (χ2v) is 16.6. The zero-order valence-electron chi connectivity index (χ0n) is 29.6. The van der Waals surface area contributed by atoms with Gasteiger partial charge in [0, 0.05) is 29.7 Å². The van der Waals surface area contributed by atoms with Crippen LogP contribution in [0.3, 0.4) is 0 Å². The van der Waals surface area contributed by atoms with E-state index in [2.05, 4.69) is 170 Å². The Hall–Kier alpha value is -6.06. The molecule has 0 saturated heterocycles. The van der Waals surface area contributed by atoms with Crippen molar-refractivity contribution >= 4 is 96.0 Å². The molecule has 254 valence electrons. The fourth-order valence-corrected chi connectivity index (χ4v) is 11.1. The first kappa shape index (κ1) is 31.5. The van der Waals surface area contributed by atoms with Crippen LogP contribution < -0.4 is 0 Å². The Morgan fingerprint density at radius 2 is 1.06 bits per heavy atom. The molecule has 54 heavy (non-hydrogen) atoms. The van der Waals surface area contributed by atoms with Crippen LogP contribution in [-0.4, -0.2) is 0 Å². The molecule has 0 fully saturated rings. The van der Waals surface area contributed by atoms with Crippen LogP contribution in [0.1, 0.15) is 11.3 Å². The summed E-state index contributed by atoms with van der Waals surface area (Å²) in [7, 11) is 0. The number of hydrogen-bond acceptors (Lipinski definition) is 2. The molecule has 0 amide bonds. The second-order valence-electron chi connectivity index (χ2n) is 14.3. The molecule has 9 aromatic carbocycles. The van der Waals surface area contributed by atoms with Crippen molar-refractivity contribution in [3.8, 4) is 33.4 Å². The Morgan fingerprint density at radius 1 is 0.407 bits per heavy atom. The van der Waals surface area contributed by atoms with Gasteiger partial charge in [-0.2, -0.15) is 0 Å². The minimum Gasteiger partial charge on any atom is -0.140 e. The van der Waals surface area contributed by atoms with Crippen LogP contribution >= 0.6 is 22.7 Å². The summed E-state index contributed by atoms with van der Waals surface area (Å²) in [6.07, 6.45) is 4.09. The van der Waals surface area contributed by atoms with Crippen LogP contribution in [0.5, 0.6) is 0 Å². The molecule has 0 atom stereocenters. The van der Waals surface area contributed by atoms with Crippen LogP contribution in [0, 0.1) is 0 Å². The largest absolute Gasteiger partial charge is 0.140 e. The van der Waals surface area contributed by atoms with Crippen LogP contribution in [0.15, 0.2) is 176 Å². The molecule has 0 aliphatic carbocycles. The molecule has 2 aromatic heterocycles. The number of allylic oxidation sites excluding steroid dienone is 1. The lowest BCUT2D eigenvalue weighted by molar-refractivity contribution is 1.03.